The fraction of sp³-hybridized carbons (Fsp3) is 0.600. The maximum atomic E-state index is 11.2. The highest BCUT2D eigenvalue weighted by atomic mass is 16.1. The van der Waals surface area contributed by atoms with Crippen LogP contribution >= 0.6 is 0 Å². The van der Waals surface area contributed by atoms with Gasteiger partial charge >= 0.3 is 0 Å². The van der Waals surface area contributed by atoms with E-state index in [4.69, 9.17) is 5.73 Å². The molecule has 1 heterocycles. The van der Waals surface area contributed by atoms with Gasteiger partial charge in [-0.2, -0.15) is 0 Å². The number of para-hydroxylation sites is 1. The van der Waals surface area contributed by atoms with Gasteiger partial charge in [-0.3, -0.25) is 9.79 Å². The normalized spacial score (nSPS) is 17.8. The molecule has 26 heavy (non-hydrogen) atoms. The highest BCUT2D eigenvalue weighted by Crippen LogP contribution is 2.19. The van der Waals surface area contributed by atoms with E-state index in [2.05, 4.69) is 51.3 Å². The number of amides is 1. The van der Waals surface area contributed by atoms with Crippen LogP contribution in [0.2, 0.25) is 0 Å². The van der Waals surface area contributed by atoms with Crippen molar-refractivity contribution in [2.75, 3.05) is 44.7 Å². The van der Waals surface area contributed by atoms with E-state index in [1.807, 2.05) is 13.1 Å². The van der Waals surface area contributed by atoms with E-state index in [0.717, 1.165) is 57.9 Å². The monoisotopic (exact) mass is 359 g/mol. The van der Waals surface area contributed by atoms with Gasteiger partial charge in [-0.1, -0.05) is 18.2 Å². The lowest BCUT2D eigenvalue weighted by atomic mass is 9.95. The molecule has 144 valence electrons. The van der Waals surface area contributed by atoms with Gasteiger partial charge in [0.25, 0.3) is 0 Å². The number of piperidine rings is 1. The van der Waals surface area contributed by atoms with E-state index < -0.39 is 0 Å². The van der Waals surface area contributed by atoms with Gasteiger partial charge in [-0.15, -0.1) is 0 Å². The number of likely N-dealkylation sites (tertiary alicyclic amines) is 1. The summed E-state index contributed by atoms with van der Waals surface area (Å²) in [6.45, 7) is 6.92. The molecule has 0 radical (unpaired) electrons. The number of hydrogen-bond donors (Lipinski definition) is 2. The van der Waals surface area contributed by atoms with E-state index in [0.29, 0.717) is 12.3 Å². The van der Waals surface area contributed by atoms with Gasteiger partial charge in [0.15, 0.2) is 5.96 Å². The molecule has 0 bridgehead atoms. The summed E-state index contributed by atoms with van der Waals surface area (Å²) in [5.41, 5.74) is 6.63. The van der Waals surface area contributed by atoms with Gasteiger partial charge in [-0.25, -0.2) is 0 Å². The van der Waals surface area contributed by atoms with Gasteiger partial charge in [0, 0.05) is 51.9 Å². The third-order valence-corrected chi connectivity index (χ3v) is 4.91. The minimum Gasteiger partial charge on any atom is -0.372 e. The molecule has 1 aromatic rings. The van der Waals surface area contributed by atoms with Crippen LogP contribution < -0.4 is 16.0 Å². The number of carbonyl (C=O) groups excluding carboxylic acids is 1. The van der Waals surface area contributed by atoms with E-state index in [-0.39, 0.29) is 5.91 Å². The van der Waals surface area contributed by atoms with Crippen molar-refractivity contribution in [3.05, 3.63) is 30.3 Å². The van der Waals surface area contributed by atoms with E-state index in [1.165, 1.54) is 5.69 Å². The molecule has 1 aliphatic rings. The Labute approximate surface area is 157 Å². The van der Waals surface area contributed by atoms with Crippen LogP contribution in [0.5, 0.6) is 0 Å². The number of hydrogen-bond acceptors (Lipinski definition) is 3. The van der Waals surface area contributed by atoms with E-state index >= 15 is 0 Å². The first kappa shape index (κ1) is 20.1. The third kappa shape index (κ3) is 6.24. The summed E-state index contributed by atoms with van der Waals surface area (Å²) in [6, 6.07) is 10.5. The molecule has 1 aliphatic heterocycles. The first-order chi connectivity index (χ1) is 12.6. The van der Waals surface area contributed by atoms with Crippen LogP contribution in [0.3, 0.4) is 0 Å². The molecular weight excluding hydrogens is 326 g/mol. The largest absolute Gasteiger partial charge is 0.372 e. The molecule has 1 atom stereocenters. The highest BCUT2D eigenvalue weighted by Gasteiger charge is 2.23. The lowest BCUT2D eigenvalue weighted by Crippen LogP contribution is -2.47. The van der Waals surface area contributed by atoms with Crippen molar-refractivity contribution in [3.63, 3.8) is 0 Å². The number of rotatable bonds is 8. The van der Waals surface area contributed by atoms with Crippen molar-refractivity contribution in [1.29, 1.82) is 0 Å². The van der Waals surface area contributed by atoms with Crippen LogP contribution in [0.4, 0.5) is 5.69 Å². The second kappa shape index (κ2) is 10.7. The van der Waals surface area contributed by atoms with Crippen molar-refractivity contribution in [2.45, 2.75) is 32.6 Å². The van der Waals surface area contributed by atoms with Crippen molar-refractivity contribution >= 4 is 17.6 Å². The summed E-state index contributed by atoms with van der Waals surface area (Å²) in [5.74, 6) is 1.07. The van der Waals surface area contributed by atoms with Crippen molar-refractivity contribution < 1.29 is 4.79 Å². The van der Waals surface area contributed by atoms with Crippen LogP contribution in [0.25, 0.3) is 0 Å². The number of nitrogens with zero attached hydrogens (tertiary/aromatic N) is 3. The van der Waals surface area contributed by atoms with E-state index in [1.54, 1.807) is 0 Å². The van der Waals surface area contributed by atoms with Crippen LogP contribution in [-0.4, -0.2) is 56.5 Å². The fourth-order valence-electron chi connectivity index (χ4n) is 3.62. The summed E-state index contributed by atoms with van der Waals surface area (Å²) < 4.78 is 0. The van der Waals surface area contributed by atoms with Crippen LogP contribution in [0, 0.1) is 5.92 Å². The maximum absolute atomic E-state index is 11.2. The second-order valence-corrected chi connectivity index (χ2v) is 6.87. The van der Waals surface area contributed by atoms with Crippen molar-refractivity contribution in [3.8, 4) is 0 Å². The topological polar surface area (TPSA) is 74.0 Å². The van der Waals surface area contributed by atoms with Gasteiger partial charge in [-0.05, 0) is 44.2 Å². The first-order valence-electron chi connectivity index (χ1n) is 9.68. The minimum absolute atomic E-state index is 0.208. The number of benzene rings is 1. The summed E-state index contributed by atoms with van der Waals surface area (Å²) in [5, 5.41) is 3.48. The Morgan fingerprint density at radius 1 is 1.38 bits per heavy atom. The Bertz CT molecular complexity index is 575. The summed E-state index contributed by atoms with van der Waals surface area (Å²) in [7, 11) is 1.82. The summed E-state index contributed by atoms with van der Waals surface area (Å²) in [4.78, 5) is 20.2. The van der Waals surface area contributed by atoms with Crippen LogP contribution in [0.15, 0.2) is 35.3 Å². The van der Waals surface area contributed by atoms with Crippen LogP contribution in [-0.2, 0) is 4.79 Å². The first-order valence-corrected chi connectivity index (χ1v) is 9.68. The molecule has 6 nitrogen and oxygen atoms in total. The number of anilines is 1. The maximum Gasteiger partial charge on any atom is 0.217 e. The van der Waals surface area contributed by atoms with Gasteiger partial charge in [0.05, 0.1) is 0 Å². The predicted molar refractivity (Wildman–Crippen MR) is 108 cm³/mol. The SMILES string of the molecule is CCN(CCCNC(=NC)N1CCCC(CC(N)=O)C1)c1ccccc1. The molecule has 1 unspecified atom stereocenters. The zero-order valence-corrected chi connectivity index (χ0v) is 16.2. The molecule has 1 saturated heterocycles. The zero-order valence-electron chi connectivity index (χ0n) is 16.2. The van der Waals surface area contributed by atoms with Crippen molar-refractivity contribution in [2.24, 2.45) is 16.6 Å². The summed E-state index contributed by atoms with van der Waals surface area (Å²) in [6.07, 6.45) is 3.66. The molecule has 1 amide bonds. The molecule has 0 aliphatic carbocycles. The summed E-state index contributed by atoms with van der Waals surface area (Å²) >= 11 is 0. The lowest BCUT2D eigenvalue weighted by Gasteiger charge is -2.34. The van der Waals surface area contributed by atoms with Gasteiger partial charge in [0.1, 0.15) is 0 Å². The molecule has 2 rings (SSSR count). The van der Waals surface area contributed by atoms with Crippen LogP contribution in [0.1, 0.15) is 32.6 Å². The Morgan fingerprint density at radius 2 is 2.15 bits per heavy atom. The average Bonchev–Trinajstić information content (AvgIpc) is 2.65. The van der Waals surface area contributed by atoms with Crippen molar-refractivity contribution in [1.82, 2.24) is 10.2 Å². The third-order valence-electron chi connectivity index (χ3n) is 4.91. The average molecular weight is 360 g/mol. The predicted octanol–water partition coefficient (Wildman–Crippen LogP) is 2.07. The smallest absolute Gasteiger partial charge is 0.217 e. The quantitative estimate of drug-likeness (QED) is 0.423. The Kier molecular flexibility index (Phi) is 8.25. The van der Waals surface area contributed by atoms with Gasteiger partial charge < -0.3 is 20.9 Å². The molecule has 0 aromatic heterocycles. The molecule has 1 fully saturated rings. The number of nitrogens with two attached hydrogens (primary N) is 1. The molecular formula is C20H33N5O. The fourth-order valence-corrected chi connectivity index (χ4v) is 3.62. The van der Waals surface area contributed by atoms with Gasteiger partial charge in [0.2, 0.25) is 5.91 Å². The van der Waals surface area contributed by atoms with E-state index in [9.17, 15) is 4.79 Å². The zero-order chi connectivity index (χ0) is 18.8. The number of nitrogens with one attached hydrogen (secondary N) is 1. The highest BCUT2D eigenvalue weighted by molar-refractivity contribution is 5.80. The lowest BCUT2D eigenvalue weighted by molar-refractivity contribution is -0.119. The second-order valence-electron chi connectivity index (χ2n) is 6.87. The molecule has 0 spiro atoms. The molecule has 1 aromatic carbocycles. The number of guanidine groups is 1. The Hall–Kier alpha value is -2.24. The molecule has 3 N–H and O–H groups in total. The number of carbonyl (C=O) groups is 1. The number of primary amides is 1. The molecule has 6 heteroatoms. The number of aliphatic imine (C=N–C) groups is 1. The molecule has 0 saturated carbocycles. The standard InChI is InChI=1S/C20H33N5O/c1-3-24(18-10-5-4-6-11-18)14-8-12-23-20(22-2)25-13-7-9-17(16-25)15-19(21)26/h4-6,10-11,17H,3,7-9,12-16H2,1-2H3,(H2,21,26)(H,22,23). The Balaban J connectivity index is 1.77. The minimum atomic E-state index is -0.208. The Morgan fingerprint density at radius 3 is 2.81 bits per heavy atom.